The monoisotopic (exact) mass is 837 g/mol. The lowest BCUT2D eigenvalue weighted by Crippen LogP contribution is -2.68. The van der Waals surface area contributed by atoms with Gasteiger partial charge in [-0.05, 0) is 77.3 Å². The van der Waals surface area contributed by atoms with E-state index in [0.717, 1.165) is 22.5 Å². The molecule has 1 aromatic carbocycles. The SMILES string of the molecule is CC(C)(C)OC(=O)NC(N)=NCCCN(CCCN)C(=N)N1Cc2ccc(OCCO/N=C(\C(=O)C[C@@H]3C(=O)N(OS(=O)(=O)O)C3(C)C)c3csc(N)n3)cc2C1. The van der Waals surface area contributed by atoms with Crippen LogP contribution in [0.1, 0.15) is 70.7 Å². The third-order valence-corrected chi connectivity index (χ3v) is 9.70. The highest BCUT2D eigenvalue weighted by atomic mass is 32.3. The van der Waals surface area contributed by atoms with Crippen molar-refractivity contribution in [1.29, 1.82) is 5.41 Å². The number of amides is 2. The van der Waals surface area contributed by atoms with Crippen molar-refractivity contribution in [2.45, 2.75) is 78.1 Å². The number of hydrogen-bond donors (Lipinski definition) is 6. The van der Waals surface area contributed by atoms with Crippen LogP contribution in [-0.2, 0) is 46.9 Å². The maximum Gasteiger partial charge on any atom is 0.418 e. The molecule has 314 valence electrons. The molecule has 21 nitrogen and oxygen atoms in total. The molecule has 0 bridgehead atoms. The Morgan fingerprint density at radius 2 is 1.88 bits per heavy atom. The lowest BCUT2D eigenvalue weighted by molar-refractivity contribution is -0.228. The van der Waals surface area contributed by atoms with E-state index in [1.165, 1.54) is 19.2 Å². The van der Waals surface area contributed by atoms with Gasteiger partial charge in [-0.1, -0.05) is 11.2 Å². The number of thiazole rings is 1. The van der Waals surface area contributed by atoms with Gasteiger partial charge < -0.3 is 41.3 Å². The summed E-state index contributed by atoms with van der Waals surface area (Å²) in [5.74, 6) is -1.54. The molecule has 0 radical (unpaired) electrons. The molecule has 23 heteroatoms. The van der Waals surface area contributed by atoms with Gasteiger partial charge in [-0.25, -0.2) is 9.78 Å². The highest BCUT2D eigenvalue weighted by Crippen LogP contribution is 2.40. The van der Waals surface area contributed by atoms with Crippen molar-refractivity contribution < 1.29 is 45.9 Å². The lowest BCUT2D eigenvalue weighted by Gasteiger charge is -2.50. The van der Waals surface area contributed by atoms with Crippen LogP contribution in [0.2, 0.25) is 0 Å². The standard InChI is InChI=1S/C34H51N11O10S2/c1-33(2,3)54-32(48)41-29(36)39-11-7-13-43(12-6-10-35)31(38)44-18-21-8-9-23(16-22(21)19-44)52-14-15-53-42-27(25-20-56-30(37)40-25)26(46)17-24-28(47)45(34(24,4)5)55-57(49,50)51/h8-9,16,20,24,38H,6-7,10-15,17-19,35H2,1-5H3,(H2,37,40)(H,49,50,51)(H3,36,39,41,48)/b38-31?,42-27-/t24-/m1/s1. The Balaban J connectivity index is 1.29. The van der Waals surface area contributed by atoms with Crippen molar-refractivity contribution in [2.75, 3.05) is 45.1 Å². The van der Waals surface area contributed by atoms with Gasteiger partial charge in [0.05, 0.1) is 11.5 Å². The molecular weight excluding hydrogens is 787 g/mol. The maximum absolute atomic E-state index is 13.3. The van der Waals surface area contributed by atoms with Gasteiger partial charge in [0, 0.05) is 44.5 Å². The van der Waals surface area contributed by atoms with Gasteiger partial charge in [0.1, 0.15) is 23.7 Å². The first-order valence-electron chi connectivity index (χ1n) is 18.0. The van der Waals surface area contributed by atoms with Gasteiger partial charge in [-0.3, -0.25) is 29.9 Å². The van der Waals surface area contributed by atoms with E-state index < -0.39 is 45.2 Å². The summed E-state index contributed by atoms with van der Waals surface area (Å²) in [5.41, 5.74) is 17.5. The number of hydroxylamine groups is 2. The van der Waals surface area contributed by atoms with Crippen LogP contribution in [-0.4, -0.2) is 119 Å². The molecule has 3 heterocycles. The zero-order valence-corrected chi connectivity index (χ0v) is 34.2. The van der Waals surface area contributed by atoms with Gasteiger partial charge in [-0.2, -0.15) is 13.5 Å². The summed E-state index contributed by atoms with van der Waals surface area (Å²) < 4.78 is 46.8. The fraction of sp³-hybridized carbons (Fsp3) is 0.559. The molecule has 9 N–H and O–H groups in total. The molecule has 2 amide bonds. The number of nitrogen functional groups attached to an aromatic ring is 1. The van der Waals surface area contributed by atoms with Gasteiger partial charge in [-0.15, -0.1) is 15.6 Å². The van der Waals surface area contributed by atoms with E-state index in [0.29, 0.717) is 68.9 Å². The largest absolute Gasteiger partial charge is 0.490 e. The number of nitrogens with two attached hydrogens (primary N) is 3. The molecule has 2 aliphatic rings. The van der Waals surface area contributed by atoms with Crippen LogP contribution in [0.5, 0.6) is 5.75 Å². The number of guanidine groups is 2. The van der Waals surface area contributed by atoms with Crippen molar-refractivity contribution in [2.24, 2.45) is 27.5 Å². The van der Waals surface area contributed by atoms with Gasteiger partial charge in [0.2, 0.25) is 0 Å². The Kier molecular flexibility index (Phi) is 14.8. The number of benzene rings is 1. The van der Waals surface area contributed by atoms with E-state index in [4.69, 9.17) is 41.5 Å². The average Bonchev–Trinajstić information content (AvgIpc) is 3.74. The summed E-state index contributed by atoms with van der Waals surface area (Å²) >= 11 is 1.08. The number of β-lactam (4-membered cyclic amide) rings is 1. The average molecular weight is 838 g/mol. The molecule has 1 fully saturated rings. The number of rotatable bonds is 18. The van der Waals surface area contributed by atoms with Crippen LogP contribution in [0.4, 0.5) is 9.93 Å². The predicted molar refractivity (Wildman–Crippen MR) is 210 cm³/mol. The number of hydrogen-bond acceptors (Lipinski definition) is 16. The van der Waals surface area contributed by atoms with Gasteiger partial charge >= 0.3 is 16.5 Å². The molecule has 1 saturated heterocycles. The van der Waals surface area contributed by atoms with Crippen molar-refractivity contribution in [3.8, 4) is 5.75 Å². The number of nitrogens with zero attached hydrogens (tertiary/aromatic N) is 6. The number of Topliss-reactive ketones (excluding diaryl/α,β-unsaturated/α-hetero) is 1. The second-order valence-electron chi connectivity index (χ2n) is 14.6. The minimum Gasteiger partial charge on any atom is -0.490 e. The molecule has 0 saturated carbocycles. The fourth-order valence-corrected chi connectivity index (χ4v) is 6.92. The van der Waals surface area contributed by atoms with E-state index >= 15 is 0 Å². The van der Waals surface area contributed by atoms with Crippen LogP contribution in [0.15, 0.2) is 33.7 Å². The number of carbonyl (C=O) groups is 3. The third kappa shape index (κ3) is 12.7. The van der Waals surface area contributed by atoms with E-state index in [-0.39, 0.29) is 42.1 Å². The third-order valence-electron chi connectivity index (χ3n) is 8.69. The maximum atomic E-state index is 13.3. The molecule has 57 heavy (non-hydrogen) atoms. The number of fused-ring (bicyclic) bond motifs is 1. The highest BCUT2D eigenvalue weighted by Gasteiger charge is 2.57. The zero-order valence-electron chi connectivity index (χ0n) is 32.5. The van der Waals surface area contributed by atoms with Crippen LogP contribution < -0.4 is 27.3 Å². The van der Waals surface area contributed by atoms with Crippen molar-refractivity contribution in [3.05, 3.63) is 40.4 Å². The number of carbonyl (C=O) groups excluding carboxylic acids is 3. The Morgan fingerprint density at radius 1 is 1.18 bits per heavy atom. The Labute approximate surface area is 334 Å². The lowest BCUT2D eigenvalue weighted by atomic mass is 9.74. The quantitative estimate of drug-likeness (QED) is 0.0310. The number of aromatic nitrogens is 1. The number of alkyl carbamates (subject to hydrolysis) is 1. The van der Waals surface area contributed by atoms with Gasteiger partial charge in [0.15, 0.2) is 35.2 Å². The number of ketones is 1. The molecule has 0 unspecified atom stereocenters. The van der Waals surface area contributed by atoms with Crippen LogP contribution in [0, 0.1) is 11.3 Å². The summed E-state index contributed by atoms with van der Waals surface area (Å²) in [5, 5.41) is 17.6. The topological polar surface area (TPSA) is 304 Å². The number of ether oxygens (including phenoxy) is 2. The summed E-state index contributed by atoms with van der Waals surface area (Å²) in [7, 11) is -4.95. The first kappa shape index (κ1) is 44.6. The fourth-order valence-electron chi connectivity index (χ4n) is 5.92. The zero-order chi connectivity index (χ0) is 42.1. The normalized spacial score (nSPS) is 16.8. The van der Waals surface area contributed by atoms with Gasteiger partial charge in [0.25, 0.3) is 5.91 Å². The number of nitrogens with one attached hydrogen (secondary N) is 2. The van der Waals surface area contributed by atoms with Crippen LogP contribution >= 0.6 is 11.3 Å². The molecule has 0 aliphatic carbocycles. The minimum atomic E-state index is -4.95. The molecule has 0 spiro atoms. The Morgan fingerprint density at radius 3 is 2.51 bits per heavy atom. The first-order chi connectivity index (χ1) is 26.7. The summed E-state index contributed by atoms with van der Waals surface area (Å²) in [6, 6.07) is 5.64. The minimum absolute atomic E-state index is 0.0451. The van der Waals surface area contributed by atoms with E-state index in [1.807, 2.05) is 28.0 Å². The molecule has 1 atom stereocenters. The summed E-state index contributed by atoms with van der Waals surface area (Å²) in [6.45, 7) is 11.1. The van der Waals surface area contributed by atoms with Crippen molar-refractivity contribution in [3.63, 3.8) is 0 Å². The molecule has 1 aromatic heterocycles. The van der Waals surface area contributed by atoms with E-state index in [9.17, 15) is 22.8 Å². The first-order valence-corrected chi connectivity index (χ1v) is 20.2. The molecule has 2 aromatic rings. The van der Waals surface area contributed by atoms with E-state index in [1.54, 1.807) is 20.8 Å². The summed E-state index contributed by atoms with van der Waals surface area (Å²) in [4.78, 5) is 55.5. The smallest absolute Gasteiger partial charge is 0.418 e. The molecule has 2 aliphatic heterocycles. The number of oxime groups is 1. The van der Waals surface area contributed by atoms with Crippen molar-refractivity contribution >= 4 is 62.3 Å². The molecular formula is C34H51N11O10S2. The van der Waals surface area contributed by atoms with Crippen LogP contribution in [0.3, 0.4) is 0 Å². The second kappa shape index (κ2) is 18.9. The van der Waals surface area contributed by atoms with E-state index in [2.05, 4.69) is 24.7 Å². The Hall–Kier alpha value is -5.10. The highest BCUT2D eigenvalue weighted by molar-refractivity contribution is 7.80. The van der Waals surface area contributed by atoms with Crippen molar-refractivity contribution in [1.82, 2.24) is 25.2 Å². The van der Waals surface area contributed by atoms with Crippen LogP contribution in [0.25, 0.3) is 0 Å². The number of anilines is 1. The summed E-state index contributed by atoms with van der Waals surface area (Å²) in [6.07, 6.45) is 0.212. The predicted octanol–water partition coefficient (Wildman–Crippen LogP) is 1.59. The molecule has 4 rings (SSSR count). The number of aliphatic imine (C=N–C) groups is 1. The second-order valence-corrected chi connectivity index (χ2v) is 16.5. The Bertz CT molecular complexity index is 1960.